The number of aliphatic hydroxyl groups is 1. The molecule has 154 valence electrons. The van der Waals surface area contributed by atoms with E-state index in [1.165, 1.54) is 12.3 Å². The van der Waals surface area contributed by atoms with Crippen LogP contribution in [0.1, 0.15) is 22.4 Å². The zero-order valence-electron chi connectivity index (χ0n) is 15.4. The van der Waals surface area contributed by atoms with Gasteiger partial charge in [0.1, 0.15) is 17.9 Å². The maximum Gasteiger partial charge on any atom is 0.416 e. The number of pyridine rings is 1. The third-order valence-corrected chi connectivity index (χ3v) is 4.45. The van der Waals surface area contributed by atoms with E-state index in [4.69, 9.17) is 16.3 Å². The first-order chi connectivity index (χ1) is 14.3. The Morgan fingerprint density at radius 3 is 2.37 bits per heavy atom. The second kappa shape index (κ2) is 9.00. The summed E-state index contributed by atoms with van der Waals surface area (Å²) < 4.78 is 44.6. The molecule has 2 aromatic carbocycles. The lowest BCUT2D eigenvalue weighted by Crippen LogP contribution is -2.11. The lowest BCUT2D eigenvalue weighted by molar-refractivity contribution is -0.138. The van der Waals surface area contributed by atoms with Crippen LogP contribution in [0.15, 0.2) is 72.9 Å². The Hall–Kier alpha value is -3.32. The van der Waals surface area contributed by atoms with Crippen LogP contribution in [0.25, 0.3) is 11.3 Å². The zero-order chi connectivity index (χ0) is 21.7. The number of rotatable bonds is 5. The van der Waals surface area contributed by atoms with Gasteiger partial charge in [0.2, 0.25) is 0 Å². The van der Waals surface area contributed by atoms with Crippen LogP contribution in [0.3, 0.4) is 0 Å². The van der Waals surface area contributed by atoms with Gasteiger partial charge >= 0.3 is 12.1 Å². The quantitative estimate of drug-likeness (QED) is 0.308. The van der Waals surface area contributed by atoms with E-state index in [0.29, 0.717) is 11.6 Å². The summed E-state index contributed by atoms with van der Waals surface area (Å²) >= 11 is 6.02. The topological polar surface area (TPSA) is 59.4 Å². The summed E-state index contributed by atoms with van der Waals surface area (Å²) in [7, 11) is 0. The minimum absolute atomic E-state index is 0.0292. The van der Waals surface area contributed by atoms with E-state index in [1.807, 2.05) is 0 Å². The fourth-order valence-electron chi connectivity index (χ4n) is 2.65. The molecule has 3 rings (SSSR count). The molecule has 0 amide bonds. The van der Waals surface area contributed by atoms with Crippen LogP contribution in [-0.2, 0) is 22.3 Å². The highest BCUT2D eigenvalue weighted by atomic mass is 35.5. The molecule has 0 atom stereocenters. The number of esters is 1. The highest BCUT2D eigenvalue weighted by Gasteiger charge is 2.32. The fraction of sp³-hybridized carbons (Fsp3) is 0.0909. The Kier molecular flexibility index (Phi) is 6.42. The first-order valence-electron chi connectivity index (χ1n) is 8.70. The second-order valence-electron chi connectivity index (χ2n) is 6.19. The van der Waals surface area contributed by atoms with E-state index in [9.17, 15) is 23.1 Å². The Bertz CT molecular complexity index is 1070. The van der Waals surface area contributed by atoms with Gasteiger partial charge in [0.05, 0.1) is 16.3 Å². The largest absolute Gasteiger partial charge is 0.506 e. The highest BCUT2D eigenvalue weighted by molar-refractivity contribution is 6.33. The third kappa shape index (κ3) is 4.99. The van der Waals surface area contributed by atoms with E-state index >= 15 is 0 Å². The summed E-state index contributed by atoms with van der Waals surface area (Å²) in [4.78, 5) is 16.8. The van der Waals surface area contributed by atoms with Crippen LogP contribution in [0, 0.1) is 0 Å². The van der Waals surface area contributed by atoms with Crippen molar-refractivity contribution in [2.24, 2.45) is 0 Å². The summed E-state index contributed by atoms with van der Waals surface area (Å²) in [5, 5.41) is 10.6. The van der Waals surface area contributed by atoms with Gasteiger partial charge in [-0.15, -0.1) is 0 Å². The van der Waals surface area contributed by atoms with Crippen molar-refractivity contribution in [3.05, 3.63) is 100 Å². The minimum Gasteiger partial charge on any atom is -0.506 e. The Labute approximate surface area is 175 Å². The van der Waals surface area contributed by atoms with Gasteiger partial charge in [0.15, 0.2) is 0 Å². The number of carbonyl (C=O) groups excluding carboxylic acids is 1. The van der Waals surface area contributed by atoms with Crippen LogP contribution in [0.5, 0.6) is 0 Å². The van der Waals surface area contributed by atoms with Gasteiger partial charge in [-0.25, -0.2) is 4.79 Å². The number of aliphatic hydroxyl groups excluding tert-OH is 1. The summed E-state index contributed by atoms with van der Waals surface area (Å²) in [6.07, 6.45) is -3.28. The molecule has 0 saturated heterocycles. The van der Waals surface area contributed by atoms with Gasteiger partial charge < -0.3 is 9.84 Å². The molecule has 30 heavy (non-hydrogen) atoms. The first kappa shape index (κ1) is 21.4. The number of carbonyl (C=O) groups is 1. The molecule has 0 aliphatic heterocycles. The maximum atomic E-state index is 13.1. The third-order valence-electron chi connectivity index (χ3n) is 4.12. The molecule has 0 radical (unpaired) electrons. The molecule has 4 nitrogen and oxygen atoms in total. The first-order valence-corrected chi connectivity index (χ1v) is 9.08. The predicted molar refractivity (Wildman–Crippen MR) is 106 cm³/mol. The van der Waals surface area contributed by atoms with Gasteiger partial charge in [-0.3, -0.25) is 4.98 Å². The van der Waals surface area contributed by atoms with E-state index in [0.717, 1.165) is 12.1 Å². The van der Waals surface area contributed by atoms with Gasteiger partial charge in [0.25, 0.3) is 0 Å². The zero-order valence-corrected chi connectivity index (χ0v) is 16.1. The van der Waals surface area contributed by atoms with E-state index in [-0.39, 0.29) is 22.9 Å². The molecule has 0 spiro atoms. The van der Waals surface area contributed by atoms with Crippen molar-refractivity contribution in [2.45, 2.75) is 12.8 Å². The molecule has 0 bridgehead atoms. The predicted octanol–water partition coefficient (Wildman–Crippen LogP) is 5.92. The monoisotopic (exact) mass is 433 g/mol. The van der Waals surface area contributed by atoms with Gasteiger partial charge in [0, 0.05) is 11.8 Å². The second-order valence-corrected chi connectivity index (χ2v) is 6.60. The number of hydrogen-bond acceptors (Lipinski definition) is 4. The van der Waals surface area contributed by atoms with Crippen molar-refractivity contribution in [1.29, 1.82) is 0 Å². The fourth-order valence-corrected chi connectivity index (χ4v) is 2.85. The van der Waals surface area contributed by atoms with Crippen molar-refractivity contribution in [3.63, 3.8) is 0 Å². The number of halogens is 4. The lowest BCUT2D eigenvalue weighted by Gasteiger charge is -2.14. The minimum atomic E-state index is -4.65. The average molecular weight is 434 g/mol. The van der Waals surface area contributed by atoms with E-state index in [1.54, 1.807) is 42.5 Å². The molecular weight excluding hydrogens is 419 g/mol. The van der Waals surface area contributed by atoms with Crippen molar-refractivity contribution < 1.29 is 27.8 Å². The van der Waals surface area contributed by atoms with Gasteiger partial charge in [-0.1, -0.05) is 48.0 Å². The number of nitrogens with zero attached hydrogens (tertiary/aromatic N) is 1. The Morgan fingerprint density at radius 1 is 1.03 bits per heavy atom. The van der Waals surface area contributed by atoms with Crippen molar-refractivity contribution in [2.75, 3.05) is 0 Å². The van der Waals surface area contributed by atoms with Crippen LogP contribution < -0.4 is 0 Å². The lowest BCUT2D eigenvalue weighted by atomic mass is 10.0. The molecular formula is C22H15ClF3NO3. The normalized spacial score (nSPS) is 12.3. The average Bonchev–Trinajstić information content (AvgIpc) is 2.73. The van der Waals surface area contributed by atoms with Crippen molar-refractivity contribution in [1.82, 2.24) is 4.98 Å². The summed E-state index contributed by atoms with van der Waals surface area (Å²) in [6, 6.07) is 15.8. The van der Waals surface area contributed by atoms with Crippen LogP contribution in [0.4, 0.5) is 13.2 Å². The molecule has 1 heterocycles. The maximum absolute atomic E-state index is 13.1. The molecule has 0 aliphatic carbocycles. The van der Waals surface area contributed by atoms with Crippen molar-refractivity contribution in [3.8, 4) is 0 Å². The molecule has 3 aromatic rings. The van der Waals surface area contributed by atoms with Gasteiger partial charge in [-0.2, -0.15) is 13.2 Å². The summed E-state index contributed by atoms with van der Waals surface area (Å²) in [6.45, 7) is -0.0976. The number of aromatic nitrogens is 1. The smallest absolute Gasteiger partial charge is 0.416 e. The standard InChI is InChI=1S/C22H15ClF3NO3/c23-17-10-9-15(22(24,25)26)12-16(17)20(28)19(18-8-4-5-11-27-18)21(29)30-13-14-6-2-1-3-7-14/h1-12,28H,13H2/b20-19+. The number of hydrogen-bond donors (Lipinski definition) is 1. The van der Waals surface area contributed by atoms with Crippen LogP contribution in [0.2, 0.25) is 5.02 Å². The summed E-state index contributed by atoms with van der Waals surface area (Å²) in [5.41, 5.74) is -1.05. The van der Waals surface area contributed by atoms with E-state index in [2.05, 4.69) is 4.98 Å². The number of alkyl halides is 3. The molecule has 0 saturated carbocycles. The molecule has 1 N–H and O–H groups in total. The molecule has 0 aliphatic rings. The molecule has 0 unspecified atom stereocenters. The van der Waals surface area contributed by atoms with Crippen LogP contribution in [-0.4, -0.2) is 16.1 Å². The Balaban J connectivity index is 2.06. The molecule has 8 heteroatoms. The van der Waals surface area contributed by atoms with Gasteiger partial charge in [-0.05, 0) is 35.9 Å². The van der Waals surface area contributed by atoms with Crippen LogP contribution >= 0.6 is 11.6 Å². The highest BCUT2D eigenvalue weighted by Crippen LogP contribution is 2.35. The van der Waals surface area contributed by atoms with Crippen molar-refractivity contribution >= 4 is 28.9 Å². The summed E-state index contributed by atoms with van der Waals surface area (Å²) in [5.74, 6) is -1.72. The Morgan fingerprint density at radius 2 is 1.73 bits per heavy atom. The molecule has 1 aromatic heterocycles. The number of benzene rings is 2. The molecule has 0 fully saturated rings. The number of ether oxygens (including phenoxy) is 1. The SMILES string of the molecule is O=C(OCc1ccccc1)/C(=C(/O)c1cc(C(F)(F)F)ccc1Cl)c1ccccn1. The van der Waals surface area contributed by atoms with E-state index < -0.39 is 29.0 Å².